The summed E-state index contributed by atoms with van der Waals surface area (Å²) in [6.07, 6.45) is 0.609. The Labute approximate surface area is 233 Å². The highest BCUT2D eigenvalue weighted by Gasteiger charge is 2.20. The minimum atomic E-state index is -0.351. The second-order valence-corrected chi connectivity index (χ2v) is 10.9. The third kappa shape index (κ3) is 7.05. The lowest BCUT2D eigenvalue weighted by molar-refractivity contribution is -0.115. The Hall–Kier alpha value is -3.04. The molecule has 190 valence electrons. The molecule has 1 heterocycles. The first kappa shape index (κ1) is 27.0. The molecule has 4 rings (SSSR count). The number of rotatable bonds is 9. The number of methoxy groups -OCH3 is 1. The molecule has 1 aromatic heterocycles. The van der Waals surface area contributed by atoms with Gasteiger partial charge in [-0.15, -0.1) is 23.1 Å². The Morgan fingerprint density at radius 3 is 2.62 bits per heavy atom. The maximum absolute atomic E-state index is 13.0. The van der Waals surface area contributed by atoms with E-state index in [4.69, 9.17) is 27.9 Å². The van der Waals surface area contributed by atoms with E-state index in [0.29, 0.717) is 44.3 Å². The number of anilines is 2. The number of carbonyl (C=O) groups is 2. The third-order valence-corrected chi connectivity index (χ3v) is 7.97. The fourth-order valence-corrected chi connectivity index (χ4v) is 5.67. The summed E-state index contributed by atoms with van der Waals surface area (Å²) in [5.41, 5.74) is 2.54. The molecule has 0 spiro atoms. The number of thioether (sulfide) groups is 1. The lowest BCUT2D eigenvalue weighted by Gasteiger charge is -2.14. The van der Waals surface area contributed by atoms with Crippen LogP contribution in [0.2, 0.25) is 10.0 Å². The largest absolute Gasteiger partial charge is 0.497 e. The van der Waals surface area contributed by atoms with Gasteiger partial charge in [-0.05, 0) is 61.0 Å². The number of thiazole rings is 1. The van der Waals surface area contributed by atoms with Crippen molar-refractivity contribution in [2.24, 2.45) is 0 Å². The Kier molecular flexibility index (Phi) is 9.10. The number of hydrogen-bond acceptors (Lipinski definition) is 6. The Balaban J connectivity index is 1.40. The van der Waals surface area contributed by atoms with Crippen molar-refractivity contribution in [3.05, 3.63) is 87.7 Å². The molecule has 0 saturated heterocycles. The quantitative estimate of drug-likeness (QED) is 0.200. The van der Waals surface area contributed by atoms with Gasteiger partial charge in [-0.3, -0.25) is 9.59 Å². The molecule has 4 aromatic rings. The van der Waals surface area contributed by atoms with Gasteiger partial charge in [-0.1, -0.05) is 42.3 Å². The van der Waals surface area contributed by atoms with Gasteiger partial charge >= 0.3 is 0 Å². The molecule has 0 bridgehead atoms. The number of nitrogens with one attached hydrogen (secondary N) is 2. The molecule has 6 nitrogen and oxygen atoms in total. The number of benzene rings is 3. The minimum absolute atomic E-state index is 0.151. The van der Waals surface area contributed by atoms with Gasteiger partial charge in [0.25, 0.3) is 5.91 Å². The molecule has 1 unspecified atom stereocenters. The van der Waals surface area contributed by atoms with Crippen molar-refractivity contribution in [3.63, 3.8) is 0 Å². The molecule has 0 fully saturated rings. The van der Waals surface area contributed by atoms with Gasteiger partial charge in [0, 0.05) is 32.1 Å². The van der Waals surface area contributed by atoms with Gasteiger partial charge in [0.1, 0.15) is 5.75 Å². The Morgan fingerprint density at radius 2 is 1.86 bits per heavy atom. The second-order valence-electron chi connectivity index (χ2n) is 7.88. The maximum Gasteiger partial charge on any atom is 0.255 e. The zero-order valence-electron chi connectivity index (χ0n) is 20.0. The van der Waals surface area contributed by atoms with E-state index in [2.05, 4.69) is 15.6 Å². The summed E-state index contributed by atoms with van der Waals surface area (Å²) < 4.78 is 5.19. The number of nitrogens with zero attached hydrogens (tertiary/aromatic N) is 1. The number of ether oxygens (including phenoxy) is 1. The first-order chi connectivity index (χ1) is 17.9. The van der Waals surface area contributed by atoms with Crippen molar-refractivity contribution in [2.75, 3.05) is 17.7 Å². The highest BCUT2D eigenvalue weighted by molar-refractivity contribution is 8.00. The Bertz CT molecular complexity index is 1430. The molecule has 3 aromatic carbocycles. The van der Waals surface area contributed by atoms with Crippen molar-refractivity contribution in [1.82, 2.24) is 4.98 Å². The van der Waals surface area contributed by atoms with E-state index in [1.165, 1.54) is 23.1 Å². The van der Waals surface area contributed by atoms with Crippen molar-refractivity contribution >= 4 is 68.9 Å². The standard InChI is InChI=1S/C27H23Cl2N3O3S2/c1-3-24(26(34)32-27-31-23(15-36-27)21-11-10-17(28)13-22(21)29)37-20-9-5-7-18(14-20)30-25(33)16-6-4-8-19(12-16)35-2/h4-15,24H,3H2,1-2H3,(H,30,33)(H,31,32,34). The van der Waals surface area contributed by atoms with Crippen LogP contribution in [0.25, 0.3) is 11.3 Å². The van der Waals surface area contributed by atoms with Crippen LogP contribution in [0.4, 0.5) is 10.8 Å². The highest BCUT2D eigenvalue weighted by atomic mass is 35.5. The van der Waals surface area contributed by atoms with Crippen LogP contribution in [0.3, 0.4) is 0 Å². The molecule has 2 N–H and O–H groups in total. The van der Waals surface area contributed by atoms with Crippen LogP contribution in [0.15, 0.2) is 77.0 Å². The normalized spacial score (nSPS) is 11.6. The van der Waals surface area contributed by atoms with Crippen molar-refractivity contribution in [1.29, 1.82) is 0 Å². The Morgan fingerprint density at radius 1 is 1.05 bits per heavy atom. The summed E-state index contributed by atoms with van der Waals surface area (Å²) in [6.45, 7) is 1.95. The fourth-order valence-electron chi connectivity index (χ4n) is 3.44. The van der Waals surface area contributed by atoms with Crippen molar-refractivity contribution < 1.29 is 14.3 Å². The van der Waals surface area contributed by atoms with Crippen LogP contribution in [-0.4, -0.2) is 29.2 Å². The van der Waals surface area contributed by atoms with Crippen LogP contribution < -0.4 is 15.4 Å². The molecule has 0 aliphatic carbocycles. The molecule has 2 amide bonds. The van der Waals surface area contributed by atoms with Crippen LogP contribution in [0, 0.1) is 0 Å². The van der Waals surface area contributed by atoms with E-state index in [1.807, 2.05) is 36.6 Å². The van der Waals surface area contributed by atoms with E-state index < -0.39 is 0 Å². The van der Waals surface area contributed by atoms with E-state index >= 15 is 0 Å². The SMILES string of the molecule is CCC(Sc1cccc(NC(=O)c2cccc(OC)c2)c1)C(=O)Nc1nc(-c2ccc(Cl)cc2Cl)cs1. The van der Waals surface area contributed by atoms with Gasteiger partial charge in [-0.2, -0.15) is 0 Å². The molecule has 0 saturated carbocycles. The zero-order valence-corrected chi connectivity index (χ0v) is 23.1. The van der Waals surface area contributed by atoms with Crippen molar-refractivity contribution in [2.45, 2.75) is 23.5 Å². The van der Waals surface area contributed by atoms with Gasteiger partial charge in [-0.25, -0.2) is 4.98 Å². The molecule has 0 radical (unpaired) electrons. The highest BCUT2D eigenvalue weighted by Crippen LogP contribution is 2.33. The number of halogens is 2. The first-order valence-corrected chi connectivity index (χ1v) is 13.8. The zero-order chi connectivity index (χ0) is 26.4. The molecule has 0 aliphatic rings. The average Bonchev–Trinajstić information content (AvgIpc) is 3.35. The van der Waals surface area contributed by atoms with Gasteiger partial charge in [0.15, 0.2) is 5.13 Å². The smallest absolute Gasteiger partial charge is 0.255 e. The number of aromatic nitrogens is 1. The van der Waals surface area contributed by atoms with Crippen LogP contribution in [0.5, 0.6) is 5.75 Å². The van der Waals surface area contributed by atoms with Crippen LogP contribution in [-0.2, 0) is 4.79 Å². The van der Waals surface area contributed by atoms with Crippen LogP contribution in [0.1, 0.15) is 23.7 Å². The first-order valence-electron chi connectivity index (χ1n) is 11.3. The van der Waals surface area contributed by atoms with E-state index in [9.17, 15) is 9.59 Å². The molecular weight excluding hydrogens is 549 g/mol. The molecule has 0 aliphatic heterocycles. The molecular formula is C27H23Cl2N3O3S2. The molecule has 37 heavy (non-hydrogen) atoms. The van der Waals surface area contributed by atoms with Crippen molar-refractivity contribution in [3.8, 4) is 17.0 Å². The summed E-state index contributed by atoms with van der Waals surface area (Å²) in [6, 6.07) is 19.6. The summed E-state index contributed by atoms with van der Waals surface area (Å²) in [4.78, 5) is 31.1. The summed E-state index contributed by atoms with van der Waals surface area (Å²) in [5, 5.41) is 8.83. The maximum atomic E-state index is 13.0. The van der Waals surface area contributed by atoms with Gasteiger partial charge in [0.2, 0.25) is 5.91 Å². The number of hydrogen-bond donors (Lipinski definition) is 2. The predicted octanol–water partition coefficient (Wildman–Crippen LogP) is 7.89. The number of carbonyl (C=O) groups excluding carboxylic acids is 2. The second kappa shape index (κ2) is 12.5. The lowest BCUT2D eigenvalue weighted by atomic mass is 10.2. The monoisotopic (exact) mass is 571 g/mol. The van der Waals surface area contributed by atoms with Crippen LogP contribution >= 0.6 is 46.3 Å². The number of amides is 2. The average molecular weight is 573 g/mol. The van der Waals surface area contributed by atoms with E-state index in [1.54, 1.807) is 49.6 Å². The summed E-state index contributed by atoms with van der Waals surface area (Å²) in [5.74, 6) is 0.213. The van der Waals surface area contributed by atoms with Gasteiger partial charge in [0.05, 0.1) is 23.1 Å². The third-order valence-electron chi connectivity index (χ3n) is 5.31. The predicted molar refractivity (Wildman–Crippen MR) is 154 cm³/mol. The van der Waals surface area contributed by atoms with E-state index in [-0.39, 0.29) is 17.1 Å². The molecule has 1 atom stereocenters. The van der Waals surface area contributed by atoms with Gasteiger partial charge < -0.3 is 15.4 Å². The lowest BCUT2D eigenvalue weighted by Crippen LogP contribution is -2.24. The fraction of sp³-hybridized carbons (Fsp3) is 0.148. The topological polar surface area (TPSA) is 80.3 Å². The summed E-state index contributed by atoms with van der Waals surface area (Å²) in [7, 11) is 1.56. The summed E-state index contributed by atoms with van der Waals surface area (Å²) >= 11 is 15.0. The minimum Gasteiger partial charge on any atom is -0.497 e. The van der Waals surface area contributed by atoms with E-state index in [0.717, 1.165) is 10.5 Å². The molecule has 10 heteroatoms.